The first kappa shape index (κ1) is 24.8. The third kappa shape index (κ3) is 5.69. The summed E-state index contributed by atoms with van der Waals surface area (Å²) in [7, 11) is -3.62. The van der Waals surface area contributed by atoms with Crippen LogP contribution in [-0.4, -0.2) is 60.4 Å². The Morgan fingerprint density at radius 1 is 1.03 bits per heavy atom. The molecule has 10 nitrogen and oxygen atoms in total. The molecule has 2 amide bonds. The van der Waals surface area contributed by atoms with Gasteiger partial charge in [0.25, 0.3) is 0 Å². The van der Waals surface area contributed by atoms with Crippen molar-refractivity contribution < 1.29 is 22.7 Å². The number of aromatic nitrogens is 2. The summed E-state index contributed by atoms with van der Waals surface area (Å²) < 4.78 is 34.7. The van der Waals surface area contributed by atoms with Gasteiger partial charge in [-0.15, -0.1) is 0 Å². The number of aryl methyl sites for hydroxylation is 2. The monoisotopic (exact) mass is 499 g/mol. The third-order valence-corrected chi connectivity index (χ3v) is 7.68. The SMILES string of the molecule is CCn1c(CCC(=O)Nc2ccc(NC(C)=O)cc2)nc2cc(S(=O)(=O)N3CCOCC3)ccc21. The van der Waals surface area contributed by atoms with E-state index in [1.54, 1.807) is 42.5 Å². The molecule has 3 aromatic rings. The summed E-state index contributed by atoms with van der Waals surface area (Å²) in [5.41, 5.74) is 2.70. The molecule has 0 radical (unpaired) electrons. The number of fused-ring (bicyclic) bond motifs is 1. The first-order valence-electron chi connectivity index (χ1n) is 11.5. The van der Waals surface area contributed by atoms with Crippen molar-refractivity contribution in [3.63, 3.8) is 0 Å². The number of hydrogen-bond donors (Lipinski definition) is 2. The number of nitrogens with zero attached hydrogens (tertiary/aromatic N) is 3. The smallest absolute Gasteiger partial charge is 0.243 e. The van der Waals surface area contributed by atoms with Gasteiger partial charge in [-0.1, -0.05) is 0 Å². The number of amides is 2. The Kier molecular flexibility index (Phi) is 7.48. The van der Waals surface area contributed by atoms with Crippen molar-refractivity contribution in [1.82, 2.24) is 13.9 Å². The van der Waals surface area contributed by atoms with Crippen LogP contribution in [0.1, 0.15) is 26.1 Å². The van der Waals surface area contributed by atoms with Gasteiger partial charge in [0.2, 0.25) is 21.8 Å². The fraction of sp³-hybridized carbons (Fsp3) is 0.375. The van der Waals surface area contributed by atoms with E-state index in [1.165, 1.54) is 11.2 Å². The molecule has 2 aromatic carbocycles. The molecule has 0 aliphatic carbocycles. The zero-order chi connectivity index (χ0) is 25.0. The van der Waals surface area contributed by atoms with E-state index in [9.17, 15) is 18.0 Å². The van der Waals surface area contributed by atoms with Gasteiger partial charge in [0.1, 0.15) is 5.82 Å². The van der Waals surface area contributed by atoms with Crippen molar-refractivity contribution in [3.05, 3.63) is 48.3 Å². The number of benzene rings is 2. The van der Waals surface area contributed by atoms with Crippen LogP contribution in [0.3, 0.4) is 0 Å². The van der Waals surface area contributed by atoms with Crippen LogP contribution in [0.15, 0.2) is 47.4 Å². The maximum atomic E-state index is 13.0. The predicted molar refractivity (Wildman–Crippen MR) is 133 cm³/mol. The lowest BCUT2D eigenvalue weighted by molar-refractivity contribution is -0.116. The minimum absolute atomic E-state index is 0.161. The van der Waals surface area contributed by atoms with E-state index in [0.717, 1.165) is 11.3 Å². The number of ether oxygens (including phenoxy) is 1. The second-order valence-electron chi connectivity index (χ2n) is 8.25. The number of sulfonamides is 1. The maximum Gasteiger partial charge on any atom is 0.243 e. The van der Waals surface area contributed by atoms with Crippen LogP contribution in [-0.2, 0) is 37.3 Å². The zero-order valence-electron chi connectivity index (χ0n) is 19.8. The first-order valence-corrected chi connectivity index (χ1v) is 13.0. The average Bonchev–Trinajstić information content (AvgIpc) is 3.21. The van der Waals surface area contributed by atoms with E-state index in [1.807, 2.05) is 11.5 Å². The van der Waals surface area contributed by atoms with E-state index in [4.69, 9.17) is 4.74 Å². The van der Waals surface area contributed by atoms with Crippen molar-refractivity contribution in [2.45, 2.75) is 38.1 Å². The number of morpholine rings is 1. The first-order chi connectivity index (χ1) is 16.8. The number of anilines is 2. The normalized spacial score (nSPS) is 14.7. The van der Waals surface area contributed by atoms with Gasteiger partial charge in [-0.25, -0.2) is 13.4 Å². The fourth-order valence-corrected chi connectivity index (χ4v) is 5.52. The number of imidazole rings is 1. The Morgan fingerprint density at radius 3 is 2.31 bits per heavy atom. The van der Waals surface area contributed by atoms with Gasteiger partial charge in [0.15, 0.2) is 0 Å². The third-order valence-electron chi connectivity index (χ3n) is 5.79. The summed E-state index contributed by atoms with van der Waals surface area (Å²) in [4.78, 5) is 28.5. The predicted octanol–water partition coefficient (Wildman–Crippen LogP) is 2.61. The molecule has 35 heavy (non-hydrogen) atoms. The molecule has 1 aliphatic heterocycles. The van der Waals surface area contributed by atoms with Gasteiger partial charge < -0.3 is 19.9 Å². The molecular weight excluding hydrogens is 470 g/mol. The minimum atomic E-state index is -3.62. The second-order valence-corrected chi connectivity index (χ2v) is 10.2. The number of carbonyl (C=O) groups is 2. The van der Waals surface area contributed by atoms with Gasteiger partial charge >= 0.3 is 0 Å². The van der Waals surface area contributed by atoms with Crippen molar-refractivity contribution >= 4 is 44.2 Å². The topological polar surface area (TPSA) is 123 Å². The summed E-state index contributed by atoms with van der Waals surface area (Å²) in [5.74, 6) is 0.397. The van der Waals surface area contributed by atoms with Gasteiger partial charge in [0, 0.05) is 50.8 Å². The molecule has 2 heterocycles. The quantitative estimate of drug-likeness (QED) is 0.491. The lowest BCUT2D eigenvalue weighted by Gasteiger charge is -2.26. The van der Waals surface area contributed by atoms with Crippen LogP contribution in [0.5, 0.6) is 0 Å². The Morgan fingerprint density at radius 2 is 1.69 bits per heavy atom. The highest BCUT2D eigenvalue weighted by Gasteiger charge is 2.27. The molecule has 0 unspecified atom stereocenters. The number of carbonyl (C=O) groups excluding carboxylic acids is 2. The Hall–Kier alpha value is -3.28. The highest BCUT2D eigenvalue weighted by molar-refractivity contribution is 7.89. The Bertz CT molecular complexity index is 1330. The van der Waals surface area contributed by atoms with E-state index < -0.39 is 10.0 Å². The zero-order valence-corrected chi connectivity index (χ0v) is 20.6. The molecular formula is C24H29N5O5S. The van der Waals surface area contributed by atoms with E-state index in [0.29, 0.717) is 56.2 Å². The lowest BCUT2D eigenvalue weighted by Crippen LogP contribution is -2.40. The van der Waals surface area contributed by atoms with Crippen LogP contribution < -0.4 is 10.6 Å². The van der Waals surface area contributed by atoms with Gasteiger partial charge in [0.05, 0.1) is 29.1 Å². The molecule has 0 bridgehead atoms. The highest BCUT2D eigenvalue weighted by atomic mass is 32.2. The molecule has 2 N–H and O–H groups in total. The summed E-state index contributed by atoms with van der Waals surface area (Å²) in [5, 5.41) is 5.53. The lowest BCUT2D eigenvalue weighted by atomic mass is 10.2. The largest absolute Gasteiger partial charge is 0.379 e. The standard InChI is InChI=1S/C24H29N5O5S/c1-3-29-22-9-8-20(35(32,33)28-12-14-34-15-13-28)16-21(22)27-23(29)10-11-24(31)26-19-6-4-18(5-7-19)25-17(2)30/h4-9,16H,3,10-15H2,1-2H3,(H,25,30)(H,26,31). The van der Waals surface area contributed by atoms with Crippen molar-refractivity contribution in [3.8, 4) is 0 Å². The number of nitrogens with one attached hydrogen (secondary N) is 2. The van der Waals surface area contributed by atoms with E-state index in [2.05, 4.69) is 15.6 Å². The van der Waals surface area contributed by atoms with E-state index >= 15 is 0 Å². The fourth-order valence-electron chi connectivity index (χ4n) is 4.09. The summed E-state index contributed by atoms with van der Waals surface area (Å²) in [6.07, 6.45) is 0.625. The molecule has 0 saturated carbocycles. The van der Waals surface area contributed by atoms with Crippen molar-refractivity contribution in [1.29, 1.82) is 0 Å². The Labute approximate surface area is 204 Å². The summed E-state index contributed by atoms with van der Waals surface area (Å²) in [6, 6.07) is 11.9. The molecule has 186 valence electrons. The molecule has 1 aliphatic rings. The van der Waals surface area contributed by atoms with Crippen LogP contribution >= 0.6 is 0 Å². The molecule has 0 atom stereocenters. The second kappa shape index (κ2) is 10.5. The van der Waals surface area contributed by atoms with E-state index in [-0.39, 0.29) is 23.1 Å². The number of hydrogen-bond acceptors (Lipinski definition) is 6. The molecule has 4 rings (SSSR count). The van der Waals surface area contributed by atoms with Crippen LogP contribution in [0.25, 0.3) is 11.0 Å². The van der Waals surface area contributed by atoms with Crippen LogP contribution in [0.4, 0.5) is 11.4 Å². The average molecular weight is 500 g/mol. The van der Waals surface area contributed by atoms with Crippen molar-refractivity contribution in [2.24, 2.45) is 0 Å². The minimum Gasteiger partial charge on any atom is -0.379 e. The molecule has 11 heteroatoms. The molecule has 1 saturated heterocycles. The molecule has 1 fully saturated rings. The van der Waals surface area contributed by atoms with Gasteiger partial charge in [-0.2, -0.15) is 4.31 Å². The summed E-state index contributed by atoms with van der Waals surface area (Å²) >= 11 is 0. The van der Waals surface area contributed by atoms with Crippen LogP contribution in [0.2, 0.25) is 0 Å². The molecule has 1 aromatic heterocycles. The highest BCUT2D eigenvalue weighted by Crippen LogP contribution is 2.24. The molecule has 0 spiro atoms. The van der Waals surface area contributed by atoms with Gasteiger partial charge in [-0.05, 0) is 49.4 Å². The summed E-state index contributed by atoms with van der Waals surface area (Å²) in [6.45, 7) is 5.51. The number of rotatable bonds is 8. The van der Waals surface area contributed by atoms with Crippen molar-refractivity contribution in [2.75, 3.05) is 36.9 Å². The van der Waals surface area contributed by atoms with Crippen LogP contribution in [0, 0.1) is 0 Å². The van der Waals surface area contributed by atoms with Gasteiger partial charge in [-0.3, -0.25) is 9.59 Å². The maximum absolute atomic E-state index is 13.0. The Balaban J connectivity index is 1.46.